The molecule has 0 bridgehead atoms. The van der Waals surface area contributed by atoms with Crippen molar-refractivity contribution in [2.24, 2.45) is 11.3 Å². The topological polar surface area (TPSA) is 29.1 Å². The van der Waals surface area contributed by atoms with Crippen LogP contribution >= 0.6 is 15.9 Å². The number of carbonyl (C=O) groups excluding carboxylic acids is 1. The molecule has 0 aromatic heterocycles. The van der Waals surface area contributed by atoms with Crippen LogP contribution in [0.3, 0.4) is 0 Å². The summed E-state index contributed by atoms with van der Waals surface area (Å²) in [6, 6.07) is 0. The summed E-state index contributed by atoms with van der Waals surface area (Å²) in [6.45, 7) is 7.02. The Hall–Kier alpha value is -0.0500. The summed E-state index contributed by atoms with van der Waals surface area (Å²) in [5.74, 6) is 0.965. The van der Waals surface area contributed by atoms with Crippen LogP contribution in [0.2, 0.25) is 0 Å². The molecule has 1 N–H and O–H groups in total. The highest BCUT2D eigenvalue weighted by molar-refractivity contribution is 9.09. The van der Waals surface area contributed by atoms with Crippen LogP contribution in [0.25, 0.3) is 0 Å². The van der Waals surface area contributed by atoms with Crippen LogP contribution < -0.4 is 5.32 Å². The Morgan fingerprint density at radius 2 is 2.07 bits per heavy atom. The largest absolute Gasteiger partial charge is 0.355 e. The fourth-order valence-electron chi connectivity index (χ4n) is 1.38. The van der Waals surface area contributed by atoms with Crippen molar-refractivity contribution in [1.29, 1.82) is 0 Å². The normalized spacial score (nSPS) is 19.1. The van der Waals surface area contributed by atoms with Crippen LogP contribution in [0.1, 0.15) is 40.0 Å². The average Bonchev–Trinajstić information content (AvgIpc) is 2.78. The zero-order valence-corrected chi connectivity index (χ0v) is 10.9. The van der Waals surface area contributed by atoms with Gasteiger partial charge >= 0.3 is 0 Å². The second kappa shape index (κ2) is 4.65. The van der Waals surface area contributed by atoms with Crippen molar-refractivity contribution in [3.63, 3.8) is 0 Å². The van der Waals surface area contributed by atoms with Gasteiger partial charge in [0.2, 0.25) is 5.91 Å². The second-order valence-corrected chi connectivity index (χ2v) is 6.57. The van der Waals surface area contributed by atoms with Crippen molar-refractivity contribution >= 4 is 21.8 Å². The van der Waals surface area contributed by atoms with E-state index in [9.17, 15) is 4.79 Å². The summed E-state index contributed by atoms with van der Waals surface area (Å²) in [5.41, 5.74) is 0.0888. The molecule has 0 radical (unpaired) electrons. The molecule has 1 saturated carbocycles. The third kappa shape index (κ3) is 4.99. The Morgan fingerprint density at radius 3 is 2.50 bits per heavy atom. The molecule has 1 aliphatic rings. The van der Waals surface area contributed by atoms with Crippen LogP contribution in [0, 0.1) is 11.3 Å². The number of halogens is 1. The van der Waals surface area contributed by atoms with Gasteiger partial charge in [-0.05, 0) is 24.2 Å². The van der Waals surface area contributed by atoms with E-state index < -0.39 is 0 Å². The van der Waals surface area contributed by atoms with Crippen molar-refractivity contribution in [3.8, 4) is 0 Å². The highest BCUT2D eigenvalue weighted by Gasteiger charge is 2.29. The van der Waals surface area contributed by atoms with Crippen molar-refractivity contribution in [2.45, 2.75) is 44.9 Å². The zero-order valence-electron chi connectivity index (χ0n) is 9.27. The van der Waals surface area contributed by atoms with E-state index in [0.29, 0.717) is 11.2 Å². The summed E-state index contributed by atoms with van der Waals surface area (Å²) in [6.07, 6.45) is 3.23. The van der Waals surface area contributed by atoms with E-state index in [1.165, 1.54) is 12.8 Å². The van der Waals surface area contributed by atoms with Gasteiger partial charge < -0.3 is 5.32 Å². The first-order valence-electron chi connectivity index (χ1n) is 5.29. The highest BCUT2D eigenvalue weighted by Crippen LogP contribution is 2.36. The van der Waals surface area contributed by atoms with Gasteiger partial charge in [0.15, 0.2) is 0 Å². The maximum atomic E-state index is 11.5. The maximum Gasteiger partial charge on any atom is 0.220 e. The molecule has 0 aliphatic heterocycles. The number of alkyl halides is 1. The van der Waals surface area contributed by atoms with Crippen LogP contribution in [-0.2, 0) is 4.79 Å². The van der Waals surface area contributed by atoms with Crippen LogP contribution in [-0.4, -0.2) is 17.3 Å². The molecule has 1 amide bonds. The smallest absolute Gasteiger partial charge is 0.220 e. The standard InChI is InChI=1S/C11H20BrNO/c1-11(2,3)6-10(14)13-7-9(12)8-4-5-8/h8-9H,4-7H2,1-3H3,(H,13,14). The number of hydrogen-bond acceptors (Lipinski definition) is 1. The number of amides is 1. The lowest BCUT2D eigenvalue weighted by atomic mass is 9.92. The number of carbonyl (C=O) groups is 1. The molecule has 0 saturated heterocycles. The molecule has 1 aliphatic carbocycles. The van der Waals surface area contributed by atoms with Gasteiger partial charge in [-0.2, -0.15) is 0 Å². The molecule has 0 heterocycles. The van der Waals surface area contributed by atoms with E-state index in [1.807, 2.05) is 0 Å². The summed E-state index contributed by atoms with van der Waals surface area (Å²) in [4.78, 5) is 12.0. The fraction of sp³-hybridized carbons (Fsp3) is 0.909. The molecule has 1 unspecified atom stereocenters. The zero-order chi connectivity index (χ0) is 10.8. The predicted octanol–water partition coefficient (Wildman–Crippen LogP) is 2.71. The molecule has 1 rings (SSSR count). The van der Waals surface area contributed by atoms with E-state index in [1.54, 1.807) is 0 Å². The number of hydrogen-bond donors (Lipinski definition) is 1. The van der Waals surface area contributed by atoms with Crippen molar-refractivity contribution < 1.29 is 4.79 Å². The third-order valence-electron chi connectivity index (χ3n) is 2.32. The first-order chi connectivity index (χ1) is 6.38. The van der Waals surface area contributed by atoms with Crippen LogP contribution in [0.15, 0.2) is 0 Å². The summed E-state index contributed by atoms with van der Waals surface area (Å²) < 4.78 is 0. The molecule has 3 heteroatoms. The Balaban J connectivity index is 2.14. The third-order valence-corrected chi connectivity index (χ3v) is 3.39. The van der Waals surface area contributed by atoms with E-state index >= 15 is 0 Å². The first kappa shape index (κ1) is 12.0. The van der Waals surface area contributed by atoms with Crippen molar-refractivity contribution in [1.82, 2.24) is 5.32 Å². The Labute approximate surface area is 95.0 Å². The van der Waals surface area contributed by atoms with Gasteiger partial charge in [0.1, 0.15) is 0 Å². The lowest BCUT2D eigenvalue weighted by Crippen LogP contribution is -2.32. The van der Waals surface area contributed by atoms with Crippen LogP contribution in [0.4, 0.5) is 0 Å². The second-order valence-electron chi connectivity index (χ2n) is 5.39. The van der Waals surface area contributed by atoms with Gasteiger partial charge in [-0.1, -0.05) is 36.7 Å². The van der Waals surface area contributed by atoms with Crippen molar-refractivity contribution in [2.75, 3.05) is 6.54 Å². The molecule has 14 heavy (non-hydrogen) atoms. The monoisotopic (exact) mass is 261 g/mol. The quantitative estimate of drug-likeness (QED) is 0.775. The highest BCUT2D eigenvalue weighted by atomic mass is 79.9. The van der Waals surface area contributed by atoms with E-state index in [0.717, 1.165) is 12.5 Å². The molecular weight excluding hydrogens is 242 g/mol. The van der Waals surface area contributed by atoms with Gasteiger partial charge in [0.25, 0.3) is 0 Å². The summed E-state index contributed by atoms with van der Waals surface area (Å²) >= 11 is 3.60. The molecule has 2 nitrogen and oxygen atoms in total. The van der Waals surface area contributed by atoms with Crippen LogP contribution in [0.5, 0.6) is 0 Å². The Kier molecular flexibility index (Phi) is 3.99. The fourth-order valence-corrected chi connectivity index (χ4v) is 2.07. The van der Waals surface area contributed by atoms with Gasteiger partial charge in [-0.3, -0.25) is 4.79 Å². The minimum Gasteiger partial charge on any atom is -0.355 e. The van der Waals surface area contributed by atoms with Gasteiger partial charge in [0, 0.05) is 17.8 Å². The Bertz CT molecular complexity index is 206. The van der Waals surface area contributed by atoms with Gasteiger partial charge in [0.05, 0.1) is 0 Å². The summed E-state index contributed by atoms with van der Waals surface area (Å²) in [7, 11) is 0. The minimum atomic E-state index is 0.0888. The average molecular weight is 262 g/mol. The lowest BCUT2D eigenvalue weighted by molar-refractivity contribution is -0.122. The van der Waals surface area contributed by atoms with Gasteiger partial charge in [-0.25, -0.2) is 0 Å². The molecule has 82 valence electrons. The molecular formula is C11H20BrNO. The first-order valence-corrected chi connectivity index (χ1v) is 6.21. The lowest BCUT2D eigenvalue weighted by Gasteiger charge is -2.18. The number of rotatable bonds is 4. The van der Waals surface area contributed by atoms with E-state index in [2.05, 4.69) is 42.0 Å². The molecule has 0 aromatic carbocycles. The summed E-state index contributed by atoms with van der Waals surface area (Å²) in [5, 5.41) is 2.97. The van der Waals surface area contributed by atoms with Crippen molar-refractivity contribution in [3.05, 3.63) is 0 Å². The maximum absolute atomic E-state index is 11.5. The predicted molar refractivity (Wildman–Crippen MR) is 62.5 cm³/mol. The van der Waals surface area contributed by atoms with E-state index in [-0.39, 0.29) is 11.3 Å². The molecule has 0 spiro atoms. The number of nitrogens with one attached hydrogen (secondary N) is 1. The molecule has 1 fully saturated rings. The van der Waals surface area contributed by atoms with E-state index in [4.69, 9.17) is 0 Å². The Morgan fingerprint density at radius 1 is 1.50 bits per heavy atom. The van der Waals surface area contributed by atoms with Gasteiger partial charge in [-0.15, -0.1) is 0 Å². The molecule has 1 atom stereocenters. The minimum absolute atomic E-state index is 0.0888. The molecule has 0 aromatic rings. The SMILES string of the molecule is CC(C)(C)CC(=O)NCC(Br)C1CC1.